The number of carbonyl (C=O) groups excluding carboxylic acids is 2. The molecule has 3 aromatic rings. The van der Waals surface area contributed by atoms with Crippen LogP contribution in [-0.4, -0.2) is 23.5 Å². The van der Waals surface area contributed by atoms with Crippen LogP contribution in [0.15, 0.2) is 78.9 Å². The number of rotatable bonds is 11. The highest BCUT2D eigenvalue weighted by Crippen LogP contribution is 2.20. The summed E-state index contributed by atoms with van der Waals surface area (Å²) in [6.45, 7) is 4.64. The zero-order valence-corrected chi connectivity index (χ0v) is 21.6. The molecule has 3 aromatic carbocycles. The van der Waals surface area contributed by atoms with Gasteiger partial charge in [-0.25, -0.2) is 0 Å². The first-order chi connectivity index (χ1) is 17.5. The van der Waals surface area contributed by atoms with E-state index in [4.69, 9.17) is 17.0 Å². The van der Waals surface area contributed by atoms with E-state index < -0.39 is 0 Å². The summed E-state index contributed by atoms with van der Waals surface area (Å²) in [6, 6.07) is 23.7. The lowest BCUT2D eigenvalue weighted by molar-refractivity contribution is 0.0939. The number of hydrogen-bond acceptors (Lipinski definition) is 4. The molecule has 0 bridgehead atoms. The molecule has 188 valence electrons. The molecular weight excluding hydrogens is 470 g/mol. The van der Waals surface area contributed by atoms with Crippen LogP contribution in [0.2, 0.25) is 0 Å². The van der Waals surface area contributed by atoms with Crippen LogP contribution in [0.3, 0.4) is 0 Å². The molecule has 6 nitrogen and oxygen atoms in total. The molecule has 0 spiro atoms. The van der Waals surface area contributed by atoms with Crippen LogP contribution in [0.25, 0.3) is 0 Å². The van der Waals surface area contributed by atoms with Gasteiger partial charge in [-0.2, -0.15) is 0 Å². The molecule has 0 saturated heterocycles. The van der Waals surface area contributed by atoms with E-state index in [-0.39, 0.29) is 23.0 Å². The van der Waals surface area contributed by atoms with Crippen molar-refractivity contribution in [3.05, 3.63) is 95.6 Å². The average molecular weight is 504 g/mol. The van der Waals surface area contributed by atoms with Crippen molar-refractivity contribution in [3.63, 3.8) is 0 Å². The van der Waals surface area contributed by atoms with Gasteiger partial charge in [-0.1, -0.05) is 80.8 Å². The van der Waals surface area contributed by atoms with Gasteiger partial charge >= 0.3 is 0 Å². The lowest BCUT2D eigenvalue weighted by Gasteiger charge is -2.17. The summed E-state index contributed by atoms with van der Waals surface area (Å²) in [5, 5.41) is 8.79. The van der Waals surface area contributed by atoms with Crippen molar-refractivity contribution < 1.29 is 14.3 Å². The third-order valence-corrected chi connectivity index (χ3v) is 5.89. The van der Waals surface area contributed by atoms with Crippen molar-refractivity contribution in [1.82, 2.24) is 10.6 Å². The van der Waals surface area contributed by atoms with E-state index in [2.05, 4.69) is 22.9 Å². The summed E-state index contributed by atoms with van der Waals surface area (Å²) >= 11 is 5.39. The highest BCUT2D eigenvalue weighted by molar-refractivity contribution is 7.80. The molecule has 1 atom stereocenters. The fourth-order valence-corrected chi connectivity index (χ4v) is 3.91. The number of amides is 2. The first-order valence-corrected chi connectivity index (χ1v) is 12.7. The Kier molecular flexibility index (Phi) is 10.5. The van der Waals surface area contributed by atoms with Gasteiger partial charge in [0.1, 0.15) is 5.75 Å². The van der Waals surface area contributed by atoms with Crippen LogP contribution in [0, 0.1) is 0 Å². The molecule has 0 fully saturated rings. The summed E-state index contributed by atoms with van der Waals surface area (Å²) in [7, 11) is 0. The van der Waals surface area contributed by atoms with Gasteiger partial charge in [0.2, 0.25) is 0 Å². The first kappa shape index (κ1) is 26.9. The zero-order valence-electron chi connectivity index (χ0n) is 20.8. The van der Waals surface area contributed by atoms with Gasteiger partial charge in [0.25, 0.3) is 11.8 Å². The number of para-hydroxylation sites is 2. The van der Waals surface area contributed by atoms with Gasteiger partial charge in [-0.3, -0.25) is 14.9 Å². The maximum absolute atomic E-state index is 13.0. The predicted molar refractivity (Wildman–Crippen MR) is 149 cm³/mol. The smallest absolute Gasteiger partial charge is 0.261 e. The quantitative estimate of drug-likeness (QED) is 0.212. The maximum Gasteiger partial charge on any atom is 0.261 e. The fraction of sp³-hybridized carbons (Fsp3) is 0.276. The zero-order chi connectivity index (χ0) is 25.8. The topological polar surface area (TPSA) is 79.5 Å². The largest absolute Gasteiger partial charge is 0.493 e. The van der Waals surface area contributed by atoms with Gasteiger partial charge in [-0.15, -0.1) is 0 Å². The van der Waals surface area contributed by atoms with Crippen molar-refractivity contribution in [1.29, 1.82) is 0 Å². The molecule has 2 amide bonds. The van der Waals surface area contributed by atoms with E-state index in [1.807, 2.05) is 43.3 Å². The Labute approximate surface area is 218 Å². The van der Waals surface area contributed by atoms with Gasteiger partial charge in [0.15, 0.2) is 5.11 Å². The van der Waals surface area contributed by atoms with Crippen molar-refractivity contribution in [3.8, 4) is 5.75 Å². The molecule has 0 radical (unpaired) electrons. The Hall–Kier alpha value is -3.71. The van der Waals surface area contributed by atoms with Crippen LogP contribution in [-0.2, 0) is 0 Å². The summed E-state index contributed by atoms with van der Waals surface area (Å²) in [6.07, 6.45) is 4.35. The normalized spacial score (nSPS) is 11.3. The number of carbonyl (C=O) groups is 2. The van der Waals surface area contributed by atoms with E-state index in [0.29, 0.717) is 29.2 Å². The van der Waals surface area contributed by atoms with E-state index in [0.717, 1.165) is 31.2 Å². The predicted octanol–water partition coefficient (Wildman–Crippen LogP) is 6.26. The standard InChI is InChI=1S/C29H33N3O3S/c1-3-4-5-13-20-35-26-19-12-10-17-24(26)28(34)32-29(36)31-25-18-11-9-16-23(25)27(33)30-21(2)22-14-7-6-8-15-22/h6-12,14-19,21H,3-5,13,20H2,1-2H3,(H,30,33)(H2,31,32,34,36). The van der Waals surface area contributed by atoms with Crippen LogP contribution in [0.4, 0.5) is 5.69 Å². The second-order valence-corrected chi connectivity index (χ2v) is 8.87. The van der Waals surface area contributed by atoms with E-state index in [9.17, 15) is 9.59 Å². The van der Waals surface area contributed by atoms with Crippen LogP contribution >= 0.6 is 12.2 Å². The van der Waals surface area contributed by atoms with Crippen LogP contribution in [0.5, 0.6) is 5.75 Å². The number of thiocarbonyl (C=S) groups is 1. The van der Waals surface area contributed by atoms with Crippen molar-refractivity contribution in [2.45, 2.75) is 45.6 Å². The van der Waals surface area contributed by atoms with Crippen molar-refractivity contribution >= 4 is 34.8 Å². The number of nitrogens with one attached hydrogen (secondary N) is 3. The number of unbranched alkanes of at least 4 members (excludes halogenated alkanes) is 3. The minimum absolute atomic E-state index is 0.0918. The van der Waals surface area contributed by atoms with E-state index in [1.54, 1.807) is 42.5 Å². The third-order valence-electron chi connectivity index (χ3n) is 5.68. The molecule has 3 rings (SSSR count). The monoisotopic (exact) mass is 503 g/mol. The Morgan fingerprint density at radius 2 is 1.50 bits per heavy atom. The Bertz CT molecular complexity index is 1170. The van der Waals surface area contributed by atoms with E-state index in [1.165, 1.54) is 0 Å². The van der Waals surface area contributed by atoms with Gasteiger partial charge < -0.3 is 15.4 Å². The SMILES string of the molecule is CCCCCCOc1ccccc1C(=O)NC(=S)Nc1ccccc1C(=O)NC(C)c1ccccc1. The minimum Gasteiger partial charge on any atom is -0.493 e. The summed E-state index contributed by atoms with van der Waals surface area (Å²) in [5.41, 5.74) is 2.33. The molecular formula is C29H33N3O3S. The maximum atomic E-state index is 13.0. The van der Waals surface area contributed by atoms with Crippen molar-refractivity contribution in [2.24, 2.45) is 0 Å². The van der Waals surface area contributed by atoms with Gasteiger partial charge in [0, 0.05) is 0 Å². The highest BCUT2D eigenvalue weighted by Gasteiger charge is 2.17. The molecule has 0 heterocycles. The number of anilines is 1. The van der Waals surface area contributed by atoms with E-state index >= 15 is 0 Å². The number of hydrogen-bond donors (Lipinski definition) is 3. The van der Waals surface area contributed by atoms with Crippen LogP contribution in [0.1, 0.15) is 71.9 Å². The minimum atomic E-state index is -0.378. The Morgan fingerprint density at radius 1 is 0.833 bits per heavy atom. The summed E-state index contributed by atoms with van der Waals surface area (Å²) in [5.74, 6) is -0.106. The molecule has 0 saturated carbocycles. The molecule has 0 aliphatic heterocycles. The Morgan fingerprint density at radius 3 is 2.25 bits per heavy atom. The van der Waals surface area contributed by atoms with Gasteiger partial charge in [-0.05, 0) is 55.4 Å². The molecule has 36 heavy (non-hydrogen) atoms. The molecule has 0 aliphatic rings. The summed E-state index contributed by atoms with van der Waals surface area (Å²) < 4.78 is 5.85. The first-order valence-electron chi connectivity index (χ1n) is 12.3. The lowest BCUT2D eigenvalue weighted by atomic mass is 10.1. The highest BCUT2D eigenvalue weighted by atomic mass is 32.1. The Balaban J connectivity index is 1.62. The van der Waals surface area contributed by atoms with Gasteiger partial charge in [0.05, 0.1) is 29.5 Å². The molecule has 0 aromatic heterocycles. The molecule has 1 unspecified atom stereocenters. The lowest BCUT2D eigenvalue weighted by Crippen LogP contribution is -2.35. The fourth-order valence-electron chi connectivity index (χ4n) is 3.70. The number of benzene rings is 3. The third kappa shape index (κ3) is 7.92. The molecule has 0 aliphatic carbocycles. The number of ether oxygens (including phenoxy) is 1. The molecule has 7 heteroatoms. The van der Waals surface area contributed by atoms with Crippen LogP contribution < -0.4 is 20.7 Å². The van der Waals surface area contributed by atoms with Crippen molar-refractivity contribution in [2.75, 3.05) is 11.9 Å². The summed E-state index contributed by atoms with van der Waals surface area (Å²) in [4.78, 5) is 25.9. The second kappa shape index (κ2) is 14.0. The average Bonchev–Trinajstić information content (AvgIpc) is 2.89. The molecule has 3 N–H and O–H groups in total. The second-order valence-electron chi connectivity index (χ2n) is 8.46.